The molecule has 0 bridgehead atoms. The first-order valence-corrected chi connectivity index (χ1v) is 13.4. The van der Waals surface area contributed by atoms with E-state index in [0.29, 0.717) is 5.69 Å². The maximum Gasteiger partial charge on any atom is 0.264 e. The van der Waals surface area contributed by atoms with E-state index < -0.39 is 40.2 Å². The molecule has 0 radical (unpaired) electrons. The lowest BCUT2D eigenvalue weighted by Gasteiger charge is -2.32. The van der Waals surface area contributed by atoms with Gasteiger partial charge >= 0.3 is 0 Å². The minimum atomic E-state index is -4.14. The standard InChI is InChI=1S/C28H32FN3O4S/c1-20(2)22-14-16-24(17-15-22)32(37(35,36)25-11-6-5-7-12-25)19-27(33)31(21(3)28(34)30-4)18-23-10-8-9-13-26(23)29/h5-17,20-21H,18-19H2,1-4H3,(H,30,34)/t21-/m0/s1. The number of carbonyl (C=O) groups excluding carboxylic acids is 2. The SMILES string of the molecule is CNC(=O)[C@H](C)N(Cc1ccccc1F)C(=O)CN(c1ccc(C(C)C)cc1)S(=O)(=O)c1ccccc1. The number of rotatable bonds is 10. The number of amides is 2. The minimum Gasteiger partial charge on any atom is -0.357 e. The Morgan fingerprint density at radius 3 is 2.05 bits per heavy atom. The summed E-state index contributed by atoms with van der Waals surface area (Å²) in [4.78, 5) is 27.4. The number of carbonyl (C=O) groups is 2. The van der Waals surface area contributed by atoms with Crippen LogP contribution in [-0.4, -0.2) is 44.8 Å². The van der Waals surface area contributed by atoms with Crippen LogP contribution in [0.5, 0.6) is 0 Å². The van der Waals surface area contributed by atoms with E-state index in [1.165, 1.54) is 49.2 Å². The molecule has 1 N–H and O–H groups in total. The van der Waals surface area contributed by atoms with Crippen LogP contribution in [0, 0.1) is 5.82 Å². The van der Waals surface area contributed by atoms with Crippen molar-refractivity contribution in [3.8, 4) is 0 Å². The number of nitrogens with one attached hydrogen (secondary N) is 1. The molecule has 3 rings (SSSR count). The van der Waals surface area contributed by atoms with Gasteiger partial charge in [-0.1, -0.05) is 62.4 Å². The Bertz CT molecular complexity index is 1330. The van der Waals surface area contributed by atoms with Crippen LogP contribution in [-0.2, 0) is 26.2 Å². The van der Waals surface area contributed by atoms with Gasteiger partial charge < -0.3 is 10.2 Å². The van der Waals surface area contributed by atoms with Gasteiger partial charge in [0, 0.05) is 19.2 Å². The van der Waals surface area contributed by atoms with E-state index in [-0.39, 0.29) is 22.9 Å². The Balaban J connectivity index is 2.04. The minimum absolute atomic E-state index is 0.0238. The molecule has 0 saturated carbocycles. The molecule has 0 aromatic heterocycles. The van der Waals surface area contributed by atoms with Crippen molar-refractivity contribution < 1.29 is 22.4 Å². The van der Waals surface area contributed by atoms with Crippen LogP contribution >= 0.6 is 0 Å². The van der Waals surface area contributed by atoms with Gasteiger partial charge in [-0.25, -0.2) is 12.8 Å². The first-order valence-electron chi connectivity index (χ1n) is 12.0. The highest BCUT2D eigenvalue weighted by atomic mass is 32.2. The third-order valence-electron chi connectivity index (χ3n) is 6.17. The molecule has 0 heterocycles. The molecule has 37 heavy (non-hydrogen) atoms. The Morgan fingerprint density at radius 2 is 1.49 bits per heavy atom. The van der Waals surface area contributed by atoms with Crippen molar-refractivity contribution in [3.63, 3.8) is 0 Å². The van der Waals surface area contributed by atoms with Gasteiger partial charge in [-0.3, -0.25) is 13.9 Å². The molecule has 0 unspecified atom stereocenters. The smallest absolute Gasteiger partial charge is 0.264 e. The van der Waals surface area contributed by atoms with E-state index in [1.807, 2.05) is 26.0 Å². The third-order valence-corrected chi connectivity index (χ3v) is 7.96. The summed E-state index contributed by atoms with van der Waals surface area (Å²) in [6.07, 6.45) is 0. The molecular weight excluding hydrogens is 493 g/mol. The van der Waals surface area contributed by atoms with E-state index in [1.54, 1.807) is 36.4 Å². The van der Waals surface area contributed by atoms with Gasteiger partial charge in [0.15, 0.2) is 0 Å². The van der Waals surface area contributed by atoms with Crippen molar-refractivity contribution >= 4 is 27.5 Å². The van der Waals surface area contributed by atoms with Crippen LogP contribution in [0.15, 0.2) is 83.8 Å². The van der Waals surface area contributed by atoms with E-state index in [9.17, 15) is 22.4 Å². The number of sulfonamides is 1. The maximum absolute atomic E-state index is 14.5. The van der Waals surface area contributed by atoms with Gasteiger partial charge in [0.1, 0.15) is 18.4 Å². The highest BCUT2D eigenvalue weighted by Gasteiger charge is 2.32. The summed E-state index contributed by atoms with van der Waals surface area (Å²) in [6, 6.07) is 19.8. The summed E-state index contributed by atoms with van der Waals surface area (Å²) < 4.78 is 42.9. The first kappa shape index (κ1) is 27.9. The quantitative estimate of drug-likeness (QED) is 0.428. The largest absolute Gasteiger partial charge is 0.357 e. The van der Waals surface area contributed by atoms with Crippen molar-refractivity contribution in [1.82, 2.24) is 10.2 Å². The predicted octanol–water partition coefficient (Wildman–Crippen LogP) is 4.31. The molecule has 0 aliphatic carbocycles. The Morgan fingerprint density at radius 1 is 0.892 bits per heavy atom. The summed E-state index contributed by atoms with van der Waals surface area (Å²) in [6.45, 7) is 4.79. The molecule has 9 heteroatoms. The van der Waals surface area contributed by atoms with Crippen molar-refractivity contribution in [2.24, 2.45) is 0 Å². The van der Waals surface area contributed by atoms with Crippen molar-refractivity contribution in [1.29, 1.82) is 0 Å². The summed E-state index contributed by atoms with van der Waals surface area (Å²) in [5.41, 5.74) is 1.53. The molecule has 7 nitrogen and oxygen atoms in total. The van der Waals surface area contributed by atoms with Crippen molar-refractivity contribution in [2.45, 2.75) is 44.2 Å². The monoisotopic (exact) mass is 525 g/mol. The molecule has 2 amide bonds. The molecule has 196 valence electrons. The molecule has 0 fully saturated rings. The molecule has 1 atom stereocenters. The van der Waals surface area contributed by atoms with Crippen LogP contribution in [0.1, 0.15) is 37.8 Å². The lowest BCUT2D eigenvalue weighted by molar-refractivity contribution is -0.139. The van der Waals surface area contributed by atoms with E-state index in [4.69, 9.17) is 0 Å². The fourth-order valence-electron chi connectivity index (χ4n) is 3.88. The van der Waals surface area contributed by atoms with E-state index >= 15 is 0 Å². The summed E-state index contributed by atoms with van der Waals surface area (Å²) in [5.74, 6) is -1.39. The van der Waals surface area contributed by atoms with Crippen LogP contribution in [0.25, 0.3) is 0 Å². The average molecular weight is 526 g/mol. The second kappa shape index (κ2) is 12.0. The fourth-order valence-corrected chi connectivity index (χ4v) is 5.31. The second-order valence-corrected chi connectivity index (χ2v) is 10.8. The van der Waals surface area contributed by atoms with Gasteiger partial charge in [-0.2, -0.15) is 0 Å². The number of halogens is 1. The number of likely N-dealkylation sites (N-methyl/N-ethyl adjacent to an activating group) is 1. The zero-order chi connectivity index (χ0) is 27.2. The zero-order valence-electron chi connectivity index (χ0n) is 21.4. The topological polar surface area (TPSA) is 86.8 Å². The molecule has 0 saturated heterocycles. The highest BCUT2D eigenvalue weighted by Crippen LogP contribution is 2.26. The van der Waals surface area contributed by atoms with Crippen LogP contribution < -0.4 is 9.62 Å². The van der Waals surface area contributed by atoms with Crippen LogP contribution in [0.4, 0.5) is 10.1 Å². The Labute approximate surface area is 218 Å². The van der Waals surface area contributed by atoms with Gasteiger partial charge in [0.25, 0.3) is 10.0 Å². The third kappa shape index (κ3) is 6.54. The normalized spacial score (nSPS) is 12.2. The van der Waals surface area contributed by atoms with E-state index in [2.05, 4.69) is 5.32 Å². The summed E-state index contributed by atoms with van der Waals surface area (Å²) >= 11 is 0. The number of hydrogen-bond donors (Lipinski definition) is 1. The summed E-state index contributed by atoms with van der Waals surface area (Å²) in [7, 11) is -2.70. The predicted molar refractivity (Wildman–Crippen MR) is 142 cm³/mol. The number of anilines is 1. The number of nitrogens with zero attached hydrogens (tertiary/aromatic N) is 2. The molecule has 3 aromatic rings. The number of hydrogen-bond acceptors (Lipinski definition) is 4. The van der Waals surface area contributed by atoms with Gasteiger partial charge in [0.05, 0.1) is 10.6 Å². The van der Waals surface area contributed by atoms with Crippen LogP contribution in [0.3, 0.4) is 0 Å². The lowest BCUT2D eigenvalue weighted by Crippen LogP contribution is -2.50. The van der Waals surface area contributed by atoms with Gasteiger partial charge in [-0.05, 0) is 48.7 Å². The molecule has 0 aliphatic heterocycles. The Kier molecular flexibility index (Phi) is 9.04. The Hall–Kier alpha value is -3.72. The maximum atomic E-state index is 14.5. The molecule has 0 aliphatic rings. The van der Waals surface area contributed by atoms with Crippen molar-refractivity contribution in [2.75, 3.05) is 17.9 Å². The van der Waals surface area contributed by atoms with Crippen LogP contribution in [0.2, 0.25) is 0 Å². The molecule has 3 aromatic carbocycles. The molecule has 0 spiro atoms. The molecular formula is C28H32FN3O4S. The first-order chi connectivity index (χ1) is 17.6. The summed E-state index contributed by atoms with van der Waals surface area (Å²) in [5, 5.41) is 2.50. The lowest BCUT2D eigenvalue weighted by atomic mass is 10.0. The fraction of sp³-hybridized carbons (Fsp3) is 0.286. The van der Waals surface area contributed by atoms with E-state index in [0.717, 1.165) is 9.87 Å². The zero-order valence-corrected chi connectivity index (χ0v) is 22.2. The van der Waals surface area contributed by atoms with Crippen molar-refractivity contribution in [3.05, 3.63) is 95.8 Å². The van der Waals surface area contributed by atoms with Gasteiger partial charge in [-0.15, -0.1) is 0 Å². The number of benzene rings is 3. The highest BCUT2D eigenvalue weighted by molar-refractivity contribution is 7.92. The average Bonchev–Trinajstić information content (AvgIpc) is 2.90. The second-order valence-electron chi connectivity index (χ2n) is 8.97. The van der Waals surface area contributed by atoms with Gasteiger partial charge in [0.2, 0.25) is 11.8 Å².